The third kappa shape index (κ3) is 2.73. The number of para-hydroxylation sites is 1. The zero-order valence-corrected chi connectivity index (χ0v) is 10.4. The molecule has 0 aliphatic carbocycles. The van der Waals surface area contributed by atoms with Crippen molar-refractivity contribution in [3.63, 3.8) is 0 Å². The van der Waals surface area contributed by atoms with Crippen molar-refractivity contribution in [2.45, 2.75) is 6.04 Å². The fraction of sp³-hybridized carbons (Fsp3) is 0.333. The highest BCUT2D eigenvalue weighted by Gasteiger charge is 2.26. The normalized spacial score (nSPS) is 19.1. The highest BCUT2D eigenvalue weighted by atomic mass is 35.5. The van der Waals surface area contributed by atoms with Crippen LogP contribution in [0.15, 0.2) is 24.3 Å². The number of piperazine rings is 1. The molecule has 2 rings (SSSR count). The lowest BCUT2D eigenvalue weighted by Crippen LogP contribution is -2.54. The predicted molar refractivity (Wildman–Crippen MR) is 69.4 cm³/mol. The van der Waals surface area contributed by atoms with Crippen molar-refractivity contribution in [1.82, 2.24) is 10.2 Å². The van der Waals surface area contributed by atoms with E-state index in [9.17, 15) is 4.79 Å². The molecular weight excluding hydrogens is 252 g/mol. The van der Waals surface area contributed by atoms with Crippen LogP contribution in [0.4, 0.5) is 10.5 Å². The van der Waals surface area contributed by atoms with Crippen LogP contribution in [0.5, 0.6) is 0 Å². The van der Waals surface area contributed by atoms with E-state index in [1.165, 1.54) is 4.90 Å². The molecule has 1 aliphatic rings. The van der Waals surface area contributed by atoms with Gasteiger partial charge in [0.1, 0.15) is 6.04 Å². The maximum atomic E-state index is 12.1. The summed E-state index contributed by atoms with van der Waals surface area (Å²) >= 11 is 5.97. The number of hydrogen-bond acceptors (Lipinski definition) is 3. The summed E-state index contributed by atoms with van der Waals surface area (Å²) in [5, 5.41) is 15.3. The Hall–Kier alpha value is -1.77. The van der Waals surface area contributed by atoms with Gasteiger partial charge in [-0.1, -0.05) is 23.7 Å². The molecule has 1 saturated heterocycles. The number of anilines is 1. The van der Waals surface area contributed by atoms with Gasteiger partial charge in [-0.2, -0.15) is 5.26 Å². The molecule has 1 fully saturated rings. The fourth-order valence-corrected chi connectivity index (χ4v) is 2.00. The molecule has 0 radical (unpaired) electrons. The van der Waals surface area contributed by atoms with Crippen molar-refractivity contribution in [2.24, 2.45) is 0 Å². The van der Waals surface area contributed by atoms with Crippen LogP contribution in [0, 0.1) is 11.3 Å². The highest BCUT2D eigenvalue weighted by molar-refractivity contribution is 6.33. The summed E-state index contributed by atoms with van der Waals surface area (Å²) in [4.78, 5) is 13.6. The van der Waals surface area contributed by atoms with Gasteiger partial charge in [0.2, 0.25) is 0 Å². The first-order valence-corrected chi connectivity index (χ1v) is 6.02. The lowest BCUT2D eigenvalue weighted by Gasteiger charge is -2.32. The fourth-order valence-electron chi connectivity index (χ4n) is 1.81. The summed E-state index contributed by atoms with van der Waals surface area (Å²) in [6, 6.07) is 8.38. The Labute approximate surface area is 110 Å². The van der Waals surface area contributed by atoms with E-state index in [0.717, 1.165) is 0 Å². The van der Waals surface area contributed by atoms with E-state index in [4.69, 9.17) is 16.9 Å². The molecule has 0 saturated carbocycles. The van der Waals surface area contributed by atoms with E-state index in [-0.39, 0.29) is 6.03 Å². The van der Waals surface area contributed by atoms with E-state index in [0.29, 0.717) is 30.3 Å². The number of urea groups is 1. The molecule has 94 valence electrons. The third-order valence-electron chi connectivity index (χ3n) is 2.77. The average Bonchev–Trinajstić information content (AvgIpc) is 2.41. The van der Waals surface area contributed by atoms with Crippen molar-refractivity contribution in [1.29, 1.82) is 5.26 Å². The maximum absolute atomic E-state index is 12.1. The van der Waals surface area contributed by atoms with Crippen molar-refractivity contribution in [3.05, 3.63) is 29.3 Å². The molecule has 1 aromatic carbocycles. The molecule has 1 atom stereocenters. The number of nitrogens with one attached hydrogen (secondary N) is 2. The second kappa shape index (κ2) is 5.71. The van der Waals surface area contributed by atoms with Crippen molar-refractivity contribution < 1.29 is 4.79 Å². The standard InChI is InChI=1S/C12H13ClN4O/c13-10-3-1-2-4-11(10)16-12(18)17-6-5-15-8-9(17)7-14/h1-4,9,15H,5-6,8H2,(H,16,18). The van der Waals surface area contributed by atoms with E-state index in [2.05, 4.69) is 16.7 Å². The summed E-state index contributed by atoms with van der Waals surface area (Å²) in [6.45, 7) is 1.69. The lowest BCUT2D eigenvalue weighted by molar-refractivity contribution is 0.188. The maximum Gasteiger partial charge on any atom is 0.323 e. The molecule has 0 aromatic heterocycles. The molecule has 2 amide bonds. The monoisotopic (exact) mass is 264 g/mol. The van der Waals surface area contributed by atoms with Crippen LogP contribution in [0.25, 0.3) is 0 Å². The van der Waals surface area contributed by atoms with Crippen LogP contribution in [0.2, 0.25) is 5.02 Å². The van der Waals surface area contributed by atoms with Crippen LogP contribution in [0.1, 0.15) is 0 Å². The molecule has 1 aliphatic heterocycles. The van der Waals surface area contributed by atoms with Gasteiger partial charge < -0.3 is 15.5 Å². The Morgan fingerprint density at radius 2 is 2.33 bits per heavy atom. The molecule has 18 heavy (non-hydrogen) atoms. The van der Waals surface area contributed by atoms with Crippen molar-refractivity contribution in [3.8, 4) is 6.07 Å². The van der Waals surface area contributed by atoms with Gasteiger partial charge in [-0.3, -0.25) is 0 Å². The first kappa shape index (κ1) is 12.7. The quantitative estimate of drug-likeness (QED) is 0.811. The second-order valence-electron chi connectivity index (χ2n) is 3.95. The number of carbonyl (C=O) groups excluding carboxylic acids is 1. The van der Waals surface area contributed by atoms with E-state index < -0.39 is 6.04 Å². The number of nitrogens with zero attached hydrogens (tertiary/aromatic N) is 2. The summed E-state index contributed by atoms with van der Waals surface area (Å²) in [5.74, 6) is 0. The minimum atomic E-state index is -0.443. The molecule has 0 spiro atoms. The number of benzene rings is 1. The smallest absolute Gasteiger partial charge is 0.312 e. The van der Waals surface area contributed by atoms with Gasteiger partial charge in [0, 0.05) is 19.6 Å². The minimum Gasteiger partial charge on any atom is -0.312 e. The van der Waals surface area contributed by atoms with Gasteiger partial charge in [0.25, 0.3) is 0 Å². The Morgan fingerprint density at radius 1 is 1.56 bits per heavy atom. The first-order chi connectivity index (χ1) is 8.72. The number of carbonyl (C=O) groups is 1. The van der Waals surface area contributed by atoms with Gasteiger partial charge in [-0.15, -0.1) is 0 Å². The third-order valence-corrected chi connectivity index (χ3v) is 3.10. The van der Waals surface area contributed by atoms with Gasteiger partial charge in [0.15, 0.2) is 0 Å². The molecule has 0 bridgehead atoms. The van der Waals surface area contributed by atoms with Crippen LogP contribution in [0.3, 0.4) is 0 Å². The number of nitriles is 1. The number of halogens is 1. The number of rotatable bonds is 1. The zero-order valence-electron chi connectivity index (χ0n) is 9.69. The van der Waals surface area contributed by atoms with E-state index in [1.807, 2.05) is 0 Å². The van der Waals surface area contributed by atoms with Crippen LogP contribution in [-0.2, 0) is 0 Å². The second-order valence-corrected chi connectivity index (χ2v) is 4.36. The largest absolute Gasteiger partial charge is 0.323 e. The van der Waals surface area contributed by atoms with Gasteiger partial charge in [0.05, 0.1) is 16.8 Å². The van der Waals surface area contributed by atoms with E-state index in [1.54, 1.807) is 24.3 Å². The highest BCUT2D eigenvalue weighted by Crippen LogP contribution is 2.21. The molecule has 1 heterocycles. The molecule has 6 heteroatoms. The summed E-state index contributed by atoms with van der Waals surface area (Å²) in [7, 11) is 0. The Balaban J connectivity index is 2.08. The summed E-state index contributed by atoms with van der Waals surface area (Å²) < 4.78 is 0. The summed E-state index contributed by atoms with van der Waals surface area (Å²) in [5.41, 5.74) is 0.555. The van der Waals surface area contributed by atoms with Crippen LogP contribution >= 0.6 is 11.6 Å². The number of hydrogen-bond donors (Lipinski definition) is 2. The topological polar surface area (TPSA) is 68.2 Å². The lowest BCUT2D eigenvalue weighted by atomic mass is 10.2. The molecular formula is C12H13ClN4O. The van der Waals surface area contributed by atoms with Crippen molar-refractivity contribution >= 4 is 23.3 Å². The van der Waals surface area contributed by atoms with E-state index >= 15 is 0 Å². The summed E-state index contributed by atoms with van der Waals surface area (Å²) in [6.07, 6.45) is 0. The van der Waals surface area contributed by atoms with Crippen LogP contribution in [-0.4, -0.2) is 36.6 Å². The first-order valence-electron chi connectivity index (χ1n) is 5.65. The molecule has 1 unspecified atom stereocenters. The predicted octanol–water partition coefficient (Wildman–Crippen LogP) is 1.67. The zero-order chi connectivity index (χ0) is 13.0. The Kier molecular flexibility index (Phi) is 4.03. The molecule has 2 N–H and O–H groups in total. The molecule has 5 nitrogen and oxygen atoms in total. The SMILES string of the molecule is N#CC1CNCCN1C(=O)Nc1ccccc1Cl. The average molecular weight is 265 g/mol. The van der Waals surface area contributed by atoms with Crippen LogP contribution < -0.4 is 10.6 Å². The Morgan fingerprint density at radius 3 is 3.06 bits per heavy atom. The van der Waals surface area contributed by atoms with Gasteiger partial charge in [-0.25, -0.2) is 4.79 Å². The minimum absolute atomic E-state index is 0.295. The molecule has 1 aromatic rings. The van der Waals surface area contributed by atoms with Gasteiger partial charge in [-0.05, 0) is 12.1 Å². The number of amides is 2. The Bertz CT molecular complexity index is 485. The van der Waals surface area contributed by atoms with Gasteiger partial charge >= 0.3 is 6.03 Å². The van der Waals surface area contributed by atoms with Crippen molar-refractivity contribution in [2.75, 3.05) is 25.0 Å².